The fraction of sp³-hybridized carbons (Fsp3) is 0. The van der Waals surface area contributed by atoms with E-state index in [4.69, 9.17) is 4.42 Å². The molecule has 2 heterocycles. The van der Waals surface area contributed by atoms with E-state index in [1.54, 1.807) is 25.0 Å². The molecule has 0 radical (unpaired) electrons. The van der Waals surface area contributed by atoms with Gasteiger partial charge < -0.3 is 8.98 Å². The molecule has 4 nitrogen and oxygen atoms in total. The van der Waals surface area contributed by atoms with Crippen LogP contribution in [0.4, 0.5) is 0 Å². The maximum Gasteiger partial charge on any atom is 0.227 e. The molecule has 0 aliphatic carbocycles. The second-order valence-corrected chi connectivity index (χ2v) is 3.32. The van der Waals surface area contributed by atoms with E-state index in [0.717, 1.165) is 11.3 Å². The summed E-state index contributed by atoms with van der Waals surface area (Å²) in [7, 11) is 0. The van der Waals surface area contributed by atoms with Gasteiger partial charge in [0.2, 0.25) is 5.89 Å². The Hall–Kier alpha value is -2.36. The Labute approximate surface area is 92.2 Å². The van der Waals surface area contributed by atoms with Crippen LogP contribution in [0.15, 0.2) is 59.9 Å². The van der Waals surface area contributed by atoms with Gasteiger partial charge in [0.05, 0.1) is 23.8 Å². The van der Waals surface area contributed by atoms with Crippen LogP contribution in [0.25, 0.3) is 17.1 Å². The van der Waals surface area contributed by atoms with Gasteiger partial charge in [0.1, 0.15) is 6.26 Å². The Kier molecular flexibility index (Phi) is 2.04. The van der Waals surface area contributed by atoms with E-state index < -0.39 is 0 Å². The van der Waals surface area contributed by atoms with Gasteiger partial charge in [-0.1, -0.05) is 12.1 Å². The minimum atomic E-state index is 0.615. The van der Waals surface area contributed by atoms with Crippen LogP contribution in [0, 0.1) is 0 Å². The van der Waals surface area contributed by atoms with Crippen molar-refractivity contribution in [3.05, 3.63) is 55.4 Å². The number of aromatic nitrogens is 3. The summed E-state index contributed by atoms with van der Waals surface area (Å²) in [5.41, 5.74) is 1.95. The summed E-state index contributed by atoms with van der Waals surface area (Å²) >= 11 is 0. The van der Waals surface area contributed by atoms with Gasteiger partial charge in [0, 0.05) is 12.4 Å². The SMILES string of the molecule is c1ccc(-n2ccnc2)c(-c2ncco2)c1. The number of hydrogen-bond donors (Lipinski definition) is 0. The number of nitrogens with zero attached hydrogens (tertiary/aromatic N) is 3. The molecule has 2 aromatic heterocycles. The molecule has 0 saturated carbocycles. The van der Waals surface area contributed by atoms with Gasteiger partial charge in [-0.15, -0.1) is 0 Å². The van der Waals surface area contributed by atoms with Crippen molar-refractivity contribution >= 4 is 0 Å². The Morgan fingerprint density at radius 2 is 2.06 bits per heavy atom. The summed E-state index contributed by atoms with van der Waals surface area (Å²) in [4.78, 5) is 8.19. The van der Waals surface area contributed by atoms with Crippen LogP contribution in [-0.4, -0.2) is 14.5 Å². The minimum Gasteiger partial charge on any atom is -0.444 e. The summed E-state index contributed by atoms with van der Waals surface area (Å²) in [5, 5.41) is 0. The molecule has 0 saturated heterocycles. The van der Waals surface area contributed by atoms with Crippen molar-refractivity contribution in [1.29, 1.82) is 0 Å². The van der Waals surface area contributed by atoms with Crippen molar-refractivity contribution in [2.45, 2.75) is 0 Å². The van der Waals surface area contributed by atoms with Crippen LogP contribution >= 0.6 is 0 Å². The highest BCUT2D eigenvalue weighted by Crippen LogP contribution is 2.24. The van der Waals surface area contributed by atoms with Gasteiger partial charge in [-0.2, -0.15) is 0 Å². The molecule has 0 fully saturated rings. The van der Waals surface area contributed by atoms with Crippen LogP contribution in [0.2, 0.25) is 0 Å². The number of hydrogen-bond acceptors (Lipinski definition) is 3. The molecule has 0 N–H and O–H groups in total. The van der Waals surface area contributed by atoms with Gasteiger partial charge in [0.15, 0.2) is 0 Å². The van der Waals surface area contributed by atoms with E-state index in [9.17, 15) is 0 Å². The molecule has 0 unspecified atom stereocenters. The third kappa shape index (κ3) is 1.40. The van der Waals surface area contributed by atoms with Crippen molar-refractivity contribution in [3.8, 4) is 17.1 Å². The van der Waals surface area contributed by atoms with Crippen LogP contribution in [0.3, 0.4) is 0 Å². The molecule has 0 atom stereocenters. The molecule has 0 bridgehead atoms. The predicted octanol–water partition coefficient (Wildman–Crippen LogP) is 2.53. The van der Waals surface area contributed by atoms with Gasteiger partial charge in [-0.25, -0.2) is 9.97 Å². The van der Waals surface area contributed by atoms with Crippen molar-refractivity contribution in [1.82, 2.24) is 14.5 Å². The highest BCUT2D eigenvalue weighted by Gasteiger charge is 2.08. The molecule has 3 aromatic rings. The number of para-hydroxylation sites is 1. The summed E-state index contributed by atoms with van der Waals surface area (Å²) in [6.07, 6.45) is 8.59. The van der Waals surface area contributed by atoms with Crippen LogP contribution in [-0.2, 0) is 0 Å². The number of imidazole rings is 1. The van der Waals surface area contributed by atoms with Gasteiger partial charge in [-0.3, -0.25) is 0 Å². The lowest BCUT2D eigenvalue weighted by atomic mass is 10.2. The van der Waals surface area contributed by atoms with Gasteiger partial charge >= 0.3 is 0 Å². The van der Waals surface area contributed by atoms with E-state index in [1.807, 2.05) is 35.0 Å². The fourth-order valence-corrected chi connectivity index (χ4v) is 1.64. The van der Waals surface area contributed by atoms with Crippen molar-refractivity contribution in [2.75, 3.05) is 0 Å². The number of rotatable bonds is 2. The molecular formula is C12H9N3O. The van der Waals surface area contributed by atoms with Gasteiger partial charge in [0.25, 0.3) is 0 Å². The van der Waals surface area contributed by atoms with E-state index in [-0.39, 0.29) is 0 Å². The van der Waals surface area contributed by atoms with Gasteiger partial charge in [-0.05, 0) is 12.1 Å². The third-order valence-electron chi connectivity index (χ3n) is 2.35. The molecule has 0 amide bonds. The predicted molar refractivity (Wildman–Crippen MR) is 59.1 cm³/mol. The lowest BCUT2D eigenvalue weighted by Crippen LogP contribution is -1.93. The second kappa shape index (κ2) is 3.66. The molecule has 1 aromatic carbocycles. The Bertz CT molecular complexity index is 517. The molecule has 4 heteroatoms. The van der Waals surface area contributed by atoms with Crippen LogP contribution in [0.5, 0.6) is 0 Å². The van der Waals surface area contributed by atoms with Crippen molar-refractivity contribution in [3.63, 3.8) is 0 Å². The average molecular weight is 211 g/mol. The lowest BCUT2D eigenvalue weighted by molar-refractivity contribution is 0.574. The average Bonchev–Trinajstić information content (AvgIpc) is 3.03. The third-order valence-corrected chi connectivity index (χ3v) is 2.35. The van der Waals surface area contributed by atoms with E-state index in [0.29, 0.717) is 5.89 Å². The smallest absolute Gasteiger partial charge is 0.227 e. The first-order valence-corrected chi connectivity index (χ1v) is 4.92. The summed E-state index contributed by atoms with van der Waals surface area (Å²) < 4.78 is 7.24. The lowest BCUT2D eigenvalue weighted by Gasteiger charge is -2.06. The van der Waals surface area contributed by atoms with Crippen molar-refractivity contribution < 1.29 is 4.42 Å². The second-order valence-electron chi connectivity index (χ2n) is 3.32. The molecule has 0 spiro atoms. The summed E-state index contributed by atoms with van der Waals surface area (Å²) in [6, 6.07) is 7.91. The molecule has 78 valence electrons. The maximum atomic E-state index is 5.31. The summed E-state index contributed by atoms with van der Waals surface area (Å²) in [6.45, 7) is 0. The van der Waals surface area contributed by atoms with Crippen LogP contribution in [0.1, 0.15) is 0 Å². The normalized spacial score (nSPS) is 10.5. The fourth-order valence-electron chi connectivity index (χ4n) is 1.64. The first-order chi connectivity index (χ1) is 7.95. The molecular weight excluding hydrogens is 202 g/mol. The first-order valence-electron chi connectivity index (χ1n) is 4.92. The zero-order valence-electron chi connectivity index (χ0n) is 8.45. The Morgan fingerprint density at radius 3 is 2.81 bits per heavy atom. The Balaban J connectivity index is 2.19. The highest BCUT2D eigenvalue weighted by molar-refractivity contribution is 5.65. The standard InChI is InChI=1S/C12H9N3O/c1-2-4-11(15-7-5-13-9-15)10(3-1)12-14-6-8-16-12/h1-9H. The van der Waals surface area contributed by atoms with Crippen LogP contribution < -0.4 is 0 Å². The van der Waals surface area contributed by atoms with Crippen molar-refractivity contribution in [2.24, 2.45) is 0 Å². The number of benzene rings is 1. The molecule has 0 aliphatic heterocycles. The van der Waals surface area contributed by atoms with E-state index in [1.165, 1.54) is 0 Å². The summed E-state index contributed by atoms with van der Waals surface area (Å²) in [5.74, 6) is 0.615. The zero-order valence-corrected chi connectivity index (χ0v) is 8.45. The molecule has 16 heavy (non-hydrogen) atoms. The maximum absolute atomic E-state index is 5.31. The molecule has 3 rings (SSSR count). The largest absolute Gasteiger partial charge is 0.444 e. The zero-order chi connectivity index (χ0) is 10.8. The molecule has 0 aliphatic rings. The topological polar surface area (TPSA) is 43.9 Å². The first kappa shape index (κ1) is 8.91. The minimum absolute atomic E-state index is 0.615. The highest BCUT2D eigenvalue weighted by atomic mass is 16.3. The monoisotopic (exact) mass is 211 g/mol. The Morgan fingerprint density at radius 1 is 1.12 bits per heavy atom. The quantitative estimate of drug-likeness (QED) is 0.654. The van der Waals surface area contributed by atoms with E-state index in [2.05, 4.69) is 9.97 Å². The van der Waals surface area contributed by atoms with E-state index >= 15 is 0 Å². The number of oxazole rings is 1.